The molecule has 0 aliphatic carbocycles. The second-order valence-electron chi connectivity index (χ2n) is 5.97. The lowest BCUT2D eigenvalue weighted by Crippen LogP contribution is -2.49. The number of ether oxygens (including phenoxy) is 1. The predicted octanol–water partition coefficient (Wildman–Crippen LogP) is 2.60. The molecule has 1 aromatic rings. The number of alkyl halides is 3. The van der Waals surface area contributed by atoms with Crippen LogP contribution in [0.2, 0.25) is 0 Å². The van der Waals surface area contributed by atoms with Gasteiger partial charge in [-0.25, -0.2) is 0 Å². The maximum Gasteiger partial charge on any atom is 0.416 e. The highest BCUT2D eigenvalue weighted by Gasteiger charge is 2.30. The highest BCUT2D eigenvalue weighted by molar-refractivity contribution is 7.99. The van der Waals surface area contributed by atoms with Gasteiger partial charge < -0.3 is 15.4 Å². The molecule has 2 atom stereocenters. The minimum absolute atomic E-state index is 0.0342. The Hall–Kier alpha value is -1.74. The van der Waals surface area contributed by atoms with Crippen molar-refractivity contribution in [2.75, 3.05) is 18.9 Å². The zero-order chi connectivity index (χ0) is 19.2. The van der Waals surface area contributed by atoms with Gasteiger partial charge in [0.2, 0.25) is 11.8 Å². The van der Waals surface area contributed by atoms with Crippen LogP contribution in [0.25, 0.3) is 0 Å². The topological polar surface area (TPSA) is 67.4 Å². The number of halogens is 3. The number of carbonyl (C=O) groups is 2. The molecule has 1 fully saturated rings. The van der Waals surface area contributed by atoms with Crippen molar-refractivity contribution >= 4 is 23.6 Å². The molecule has 0 saturated carbocycles. The standard InChI is InChI=1S/C17H21F3N2O3S/c1-11(23)22-15(16(24)21-9-13-5-3-7-25-13)10-26-14-6-2-4-12(8-14)17(18,19)20/h2,4,6,8,13,15H,3,5,7,9-10H2,1H3,(H,21,24)(H,22,23). The summed E-state index contributed by atoms with van der Waals surface area (Å²) in [6.07, 6.45) is -2.65. The molecule has 1 aliphatic rings. The van der Waals surface area contributed by atoms with Gasteiger partial charge in [0.15, 0.2) is 0 Å². The number of hydrogen-bond donors (Lipinski definition) is 2. The molecule has 2 unspecified atom stereocenters. The first kappa shape index (κ1) is 20.6. The zero-order valence-corrected chi connectivity index (χ0v) is 15.1. The van der Waals surface area contributed by atoms with Crippen molar-refractivity contribution < 1.29 is 27.5 Å². The lowest BCUT2D eigenvalue weighted by Gasteiger charge is -2.19. The second-order valence-corrected chi connectivity index (χ2v) is 7.06. The van der Waals surface area contributed by atoms with Crippen molar-refractivity contribution in [2.45, 2.75) is 43.0 Å². The average molecular weight is 390 g/mol. The molecule has 0 radical (unpaired) electrons. The third-order valence-electron chi connectivity index (χ3n) is 3.80. The molecule has 0 bridgehead atoms. The fourth-order valence-corrected chi connectivity index (χ4v) is 3.49. The summed E-state index contributed by atoms with van der Waals surface area (Å²) in [5.74, 6) is -0.639. The van der Waals surface area contributed by atoms with Crippen LogP contribution in [0.3, 0.4) is 0 Å². The predicted molar refractivity (Wildman–Crippen MR) is 91.8 cm³/mol. The van der Waals surface area contributed by atoms with E-state index in [-0.39, 0.29) is 23.7 Å². The van der Waals surface area contributed by atoms with Crippen LogP contribution in [0.4, 0.5) is 13.2 Å². The fraction of sp³-hybridized carbons (Fsp3) is 0.529. The Morgan fingerprint density at radius 2 is 2.15 bits per heavy atom. The van der Waals surface area contributed by atoms with Gasteiger partial charge in [0.05, 0.1) is 11.7 Å². The first-order valence-corrected chi connectivity index (χ1v) is 9.20. The Morgan fingerprint density at radius 3 is 2.77 bits per heavy atom. The first-order valence-electron chi connectivity index (χ1n) is 8.22. The molecule has 1 aromatic carbocycles. The van der Waals surface area contributed by atoms with Crippen LogP contribution in [-0.4, -0.2) is 42.9 Å². The van der Waals surface area contributed by atoms with Crippen LogP contribution in [0.1, 0.15) is 25.3 Å². The molecule has 5 nitrogen and oxygen atoms in total. The first-order chi connectivity index (χ1) is 12.3. The van der Waals surface area contributed by atoms with E-state index < -0.39 is 17.8 Å². The number of nitrogens with one attached hydrogen (secondary N) is 2. The summed E-state index contributed by atoms with van der Waals surface area (Å²) in [7, 11) is 0. The third kappa shape index (κ3) is 6.53. The van der Waals surface area contributed by atoms with E-state index in [0.29, 0.717) is 18.0 Å². The molecule has 2 rings (SSSR count). The average Bonchev–Trinajstić information content (AvgIpc) is 3.09. The molecule has 1 aliphatic heterocycles. The van der Waals surface area contributed by atoms with E-state index in [1.54, 1.807) is 0 Å². The van der Waals surface area contributed by atoms with E-state index in [1.165, 1.54) is 19.1 Å². The summed E-state index contributed by atoms with van der Waals surface area (Å²) in [6.45, 7) is 2.31. The summed E-state index contributed by atoms with van der Waals surface area (Å²) < 4.78 is 43.7. The van der Waals surface area contributed by atoms with E-state index in [9.17, 15) is 22.8 Å². The van der Waals surface area contributed by atoms with E-state index >= 15 is 0 Å². The minimum atomic E-state index is -4.42. The Labute approximate surface area is 154 Å². The molecule has 2 amide bonds. The van der Waals surface area contributed by atoms with Crippen molar-refractivity contribution in [2.24, 2.45) is 0 Å². The Morgan fingerprint density at radius 1 is 1.38 bits per heavy atom. The van der Waals surface area contributed by atoms with Crippen LogP contribution in [0.5, 0.6) is 0 Å². The van der Waals surface area contributed by atoms with E-state index in [2.05, 4.69) is 10.6 Å². The third-order valence-corrected chi connectivity index (χ3v) is 4.89. The lowest BCUT2D eigenvalue weighted by molar-refractivity contribution is -0.137. The van der Waals surface area contributed by atoms with E-state index in [0.717, 1.165) is 36.7 Å². The second kappa shape index (κ2) is 9.27. The Bertz CT molecular complexity index is 634. The molecule has 0 aromatic heterocycles. The molecule has 144 valence electrons. The van der Waals surface area contributed by atoms with Crippen LogP contribution >= 0.6 is 11.8 Å². The molecule has 26 heavy (non-hydrogen) atoms. The Kier molecular flexibility index (Phi) is 7.33. The minimum Gasteiger partial charge on any atom is -0.376 e. The normalized spacial score (nSPS) is 18.4. The zero-order valence-electron chi connectivity index (χ0n) is 14.3. The smallest absolute Gasteiger partial charge is 0.376 e. The van der Waals surface area contributed by atoms with Gasteiger partial charge in [-0.15, -0.1) is 11.8 Å². The van der Waals surface area contributed by atoms with Crippen molar-refractivity contribution in [1.29, 1.82) is 0 Å². The molecule has 0 spiro atoms. The fourth-order valence-electron chi connectivity index (χ4n) is 2.51. The number of benzene rings is 1. The van der Waals surface area contributed by atoms with E-state index in [1.807, 2.05) is 0 Å². The quantitative estimate of drug-likeness (QED) is 0.703. The highest BCUT2D eigenvalue weighted by atomic mass is 32.2. The number of hydrogen-bond acceptors (Lipinski definition) is 4. The molecule has 9 heteroatoms. The van der Waals surface area contributed by atoms with Gasteiger partial charge in [0, 0.05) is 30.7 Å². The maximum absolute atomic E-state index is 12.8. The summed E-state index contributed by atoms with van der Waals surface area (Å²) >= 11 is 1.08. The molecule has 2 N–H and O–H groups in total. The van der Waals surface area contributed by atoms with Gasteiger partial charge in [-0.3, -0.25) is 9.59 Å². The van der Waals surface area contributed by atoms with Crippen molar-refractivity contribution in [3.63, 3.8) is 0 Å². The number of amides is 2. The lowest BCUT2D eigenvalue weighted by atomic mass is 10.2. The molecular formula is C17H21F3N2O3S. The number of rotatable bonds is 7. The van der Waals surface area contributed by atoms with Crippen LogP contribution < -0.4 is 10.6 Å². The van der Waals surface area contributed by atoms with Crippen molar-refractivity contribution in [1.82, 2.24) is 10.6 Å². The summed E-state index contributed by atoms with van der Waals surface area (Å²) in [5.41, 5.74) is -0.749. The van der Waals surface area contributed by atoms with Gasteiger partial charge in [-0.2, -0.15) is 13.2 Å². The summed E-state index contributed by atoms with van der Waals surface area (Å²) in [4.78, 5) is 24.0. The number of carbonyl (C=O) groups excluding carboxylic acids is 2. The van der Waals surface area contributed by atoms with Crippen LogP contribution in [0, 0.1) is 0 Å². The SMILES string of the molecule is CC(=O)NC(CSc1cccc(C(F)(F)F)c1)C(=O)NCC1CCCO1. The summed E-state index contributed by atoms with van der Waals surface area (Å²) in [5, 5.41) is 5.27. The molecule has 1 saturated heterocycles. The van der Waals surface area contributed by atoms with Crippen LogP contribution in [-0.2, 0) is 20.5 Å². The van der Waals surface area contributed by atoms with Crippen molar-refractivity contribution in [3.05, 3.63) is 29.8 Å². The number of thioether (sulfide) groups is 1. The van der Waals surface area contributed by atoms with E-state index in [4.69, 9.17) is 4.74 Å². The van der Waals surface area contributed by atoms with Gasteiger partial charge >= 0.3 is 6.18 Å². The molecule has 1 heterocycles. The summed E-state index contributed by atoms with van der Waals surface area (Å²) in [6, 6.07) is 4.03. The monoisotopic (exact) mass is 390 g/mol. The van der Waals surface area contributed by atoms with Gasteiger partial charge in [0.25, 0.3) is 0 Å². The van der Waals surface area contributed by atoms with Gasteiger partial charge in [0.1, 0.15) is 6.04 Å². The Balaban J connectivity index is 1.94. The highest BCUT2D eigenvalue weighted by Crippen LogP contribution is 2.32. The van der Waals surface area contributed by atoms with Gasteiger partial charge in [-0.1, -0.05) is 6.07 Å². The van der Waals surface area contributed by atoms with Crippen LogP contribution in [0.15, 0.2) is 29.2 Å². The van der Waals surface area contributed by atoms with Gasteiger partial charge in [-0.05, 0) is 31.0 Å². The van der Waals surface area contributed by atoms with Crippen molar-refractivity contribution in [3.8, 4) is 0 Å². The molecular weight excluding hydrogens is 369 g/mol. The maximum atomic E-state index is 12.8. The largest absolute Gasteiger partial charge is 0.416 e.